The molecule has 0 saturated heterocycles. The first kappa shape index (κ1) is 10.6. The molecule has 66 valence electrons. The zero-order valence-corrected chi connectivity index (χ0v) is 7.89. The number of carbonyl (C=O) groups excluding carboxylic acids is 1. The summed E-state index contributed by atoms with van der Waals surface area (Å²) in [6.07, 6.45) is 0.613. The smallest absolute Gasteiger partial charge is 0.132 e. The van der Waals surface area contributed by atoms with Gasteiger partial charge in [0.15, 0.2) is 0 Å². The van der Waals surface area contributed by atoms with Crippen molar-refractivity contribution in [3.8, 4) is 0 Å². The van der Waals surface area contributed by atoms with E-state index in [1.54, 1.807) is 6.92 Å². The fraction of sp³-hybridized carbons (Fsp3) is 0.889. The molecule has 0 aliphatic carbocycles. The quantitative estimate of drug-likeness (QED) is 0.612. The Kier molecular flexibility index (Phi) is 5.12. The molecule has 11 heavy (non-hydrogen) atoms. The van der Waals surface area contributed by atoms with Gasteiger partial charge in [0.2, 0.25) is 0 Å². The van der Waals surface area contributed by atoms with Gasteiger partial charge >= 0.3 is 0 Å². The predicted octanol–water partition coefficient (Wildman–Crippen LogP) is 2.03. The van der Waals surface area contributed by atoms with Gasteiger partial charge in [-0.3, -0.25) is 4.79 Å². The van der Waals surface area contributed by atoms with Crippen molar-refractivity contribution < 1.29 is 9.53 Å². The third-order valence-corrected chi connectivity index (χ3v) is 1.29. The Balaban J connectivity index is 3.37. The topological polar surface area (TPSA) is 26.3 Å². The highest BCUT2D eigenvalue weighted by Gasteiger charge is 2.05. The largest absolute Gasteiger partial charge is 0.378 e. The lowest BCUT2D eigenvalue weighted by atomic mass is 10.2. The van der Waals surface area contributed by atoms with Crippen molar-refractivity contribution in [2.45, 2.75) is 40.2 Å². The van der Waals surface area contributed by atoms with Crippen LogP contribution >= 0.6 is 0 Å². The molecule has 0 spiro atoms. The lowest BCUT2D eigenvalue weighted by Crippen LogP contribution is -2.15. The second-order valence-electron chi connectivity index (χ2n) is 3.44. The summed E-state index contributed by atoms with van der Waals surface area (Å²) < 4.78 is 5.39. The van der Waals surface area contributed by atoms with E-state index in [1.165, 1.54) is 0 Å². The highest BCUT2D eigenvalue weighted by atomic mass is 16.5. The molecule has 0 heterocycles. The number of ketones is 1. The van der Waals surface area contributed by atoms with Crippen molar-refractivity contribution >= 4 is 5.78 Å². The Labute approximate surface area is 68.9 Å². The van der Waals surface area contributed by atoms with Gasteiger partial charge in [-0.1, -0.05) is 13.8 Å². The van der Waals surface area contributed by atoms with E-state index < -0.39 is 0 Å². The molecule has 2 nitrogen and oxygen atoms in total. The summed E-state index contributed by atoms with van der Waals surface area (Å²) >= 11 is 0. The Morgan fingerprint density at radius 2 is 1.91 bits per heavy atom. The average Bonchev–Trinajstić information content (AvgIpc) is 1.82. The predicted molar refractivity (Wildman–Crippen MR) is 45.6 cm³/mol. The van der Waals surface area contributed by atoms with Gasteiger partial charge < -0.3 is 4.74 Å². The summed E-state index contributed by atoms with van der Waals surface area (Å²) in [5.41, 5.74) is 0. The summed E-state index contributed by atoms with van der Waals surface area (Å²) in [5.74, 6) is 0.741. The van der Waals surface area contributed by atoms with Gasteiger partial charge in [0, 0.05) is 13.0 Å². The molecule has 0 rings (SSSR count). The lowest BCUT2D eigenvalue weighted by Gasteiger charge is -2.12. The highest BCUT2D eigenvalue weighted by Crippen LogP contribution is 2.01. The second-order valence-corrected chi connectivity index (χ2v) is 3.44. The summed E-state index contributed by atoms with van der Waals surface area (Å²) in [5, 5.41) is 0. The van der Waals surface area contributed by atoms with Crippen molar-refractivity contribution in [3.63, 3.8) is 0 Å². The summed E-state index contributed by atoms with van der Waals surface area (Å²) in [6, 6.07) is 0. The van der Waals surface area contributed by atoms with Crippen molar-refractivity contribution in [1.82, 2.24) is 0 Å². The van der Waals surface area contributed by atoms with Gasteiger partial charge in [-0.2, -0.15) is 0 Å². The van der Waals surface area contributed by atoms with Gasteiger partial charge in [0.25, 0.3) is 0 Å². The SMILES string of the molecule is CC(=O)CC(C)OCC(C)C. The minimum Gasteiger partial charge on any atom is -0.378 e. The fourth-order valence-corrected chi connectivity index (χ4v) is 0.820. The first-order valence-electron chi connectivity index (χ1n) is 4.13. The number of rotatable bonds is 5. The van der Waals surface area contributed by atoms with Crippen LogP contribution in [0.4, 0.5) is 0 Å². The molecule has 0 radical (unpaired) electrons. The Morgan fingerprint density at radius 3 is 2.27 bits per heavy atom. The first-order valence-corrected chi connectivity index (χ1v) is 4.13. The molecule has 0 amide bonds. The number of Topliss-reactive ketones (excluding diaryl/α,β-unsaturated/α-hetero) is 1. The zero-order chi connectivity index (χ0) is 8.85. The van der Waals surface area contributed by atoms with E-state index in [2.05, 4.69) is 13.8 Å². The molecule has 0 aromatic rings. The normalized spacial score (nSPS) is 13.5. The maximum atomic E-state index is 10.6. The molecule has 0 fully saturated rings. The molecular weight excluding hydrogens is 140 g/mol. The monoisotopic (exact) mass is 158 g/mol. The molecule has 1 unspecified atom stereocenters. The summed E-state index contributed by atoms with van der Waals surface area (Å²) in [7, 11) is 0. The van der Waals surface area contributed by atoms with E-state index in [0.717, 1.165) is 6.61 Å². The maximum absolute atomic E-state index is 10.6. The molecular formula is C9H18O2. The Hall–Kier alpha value is -0.370. The minimum absolute atomic E-state index is 0.0786. The second kappa shape index (κ2) is 5.30. The Bertz CT molecular complexity index is 119. The molecule has 0 aliphatic rings. The fourth-order valence-electron chi connectivity index (χ4n) is 0.820. The molecule has 0 saturated carbocycles. The van der Waals surface area contributed by atoms with Crippen molar-refractivity contribution in [2.24, 2.45) is 5.92 Å². The molecule has 2 heteroatoms. The van der Waals surface area contributed by atoms with Crippen LogP contribution < -0.4 is 0 Å². The van der Waals surface area contributed by atoms with Gasteiger partial charge in [-0.25, -0.2) is 0 Å². The van der Waals surface area contributed by atoms with Crippen LogP contribution in [0.15, 0.2) is 0 Å². The maximum Gasteiger partial charge on any atom is 0.132 e. The van der Waals surface area contributed by atoms with E-state index in [1.807, 2.05) is 6.92 Å². The van der Waals surface area contributed by atoms with Crippen LogP contribution in [0.25, 0.3) is 0 Å². The molecule has 0 bridgehead atoms. The van der Waals surface area contributed by atoms with E-state index in [4.69, 9.17) is 4.74 Å². The number of hydrogen-bond donors (Lipinski definition) is 0. The highest BCUT2D eigenvalue weighted by molar-refractivity contribution is 5.75. The molecule has 0 aromatic heterocycles. The van der Waals surface area contributed by atoms with Gasteiger partial charge in [-0.15, -0.1) is 0 Å². The van der Waals surface area contributed by atoms with Crippen LogP contribution in [-0.4, -0.2) is 18.5 Å². The first-order chi connectivity index (χ1) is 5.02. The van der Waals surface area contributed by atoms with E-state index in [-0.39, 0.29) is 11.9 Å². The van der Waals surface area contributed by atoms with Crippen LogP contribution in [0.1, 0.15) is 34.1 Å². The van der Waals surface area contributed by atoms with Gasteiger partial charge in [-0.05, 0) is 19.8 Å². The van der Waals surface area contributed by atoms with Crippen LogP contribution in [0.2, 0.25) is 0 Å². The summed E-state index contributed by atoms with van der Waals surface area (Å²) in [6.45, 7) is 8.47. The van der Waals surface area contributed by atoms with Gasteiger partial charge in [0.1, 0.15) is 5.78 Å². The van der Waals surface area contributed by atoms with Crippen molar-refractivity contribution in [1.29, 1.82) is 0 Å². The van der Waals surface area contributed by atoms with Gasteiger partial charge in [0.05, 0.1) is 6.10 Å². The Morgan fingerprint density at radius 1 is 1.36 bits per heavy atom. The standard InChI is InChI=1S/C9H18O2/c1-7(2)6-11-9(4)5-8(3)10/h7,9H,5-6H2,1-4H3. The van der Waals surface area contributed by atoms with E-state index >= 15 is 0 Å². The van der Waals surface area contributed by atoms with Crippen molar-refractivity contribution in [3.05, 3.63) is 0 Å². The van der Waals surface area contributed by atoms with Crippen molar-refractivity contribution in [2.75, 3.05) is 6.61 Å². The number of carbonyl (C=O) groups is 1. The van der Waals surface area contributed by atoms with Crippen LogP contribution in [0, 0.1) is 5.92 Å². The minimum atomic E-state index is 0.0786. The number of ether oxygens (including phenoxy) is 1. The third-order valence-electron chi connectivity index (χ3n) is 1.29. The molecule has 0 aromatic carbocycles. The third kappa shape index (κ3) is 7.53. The van der Waals surface area contributed by atoms with Crippen LogP contribution in [0.3, 0.4) is 0 Å². The number of hydrogen-bond acceptors (Lipinski definition) is 2. The van der Waals surface area contributed by atoms with E-state index in [0.29, 0.717) is 12.3 Å². The summed E-state index contributed by atoms with van der Waals surface area (Å²) in [4.78, 5) is 10.6. The molecule has 0 aliphatic heterocycles. The molecule has 1 atom stereocenters. The van der Waals surface area contributed by atoms with Crippen LogP contribution in [-0.2, 0) is 9.53 Å². The van der Waals surface area contributed by atoms with E-state index in [9.17, 15) is 4.79 Å². The molecule has 0 N–H and O–H groups in total. The lowest BCUT2D eigenvalue weighted by molar-refractivity contribution is -0.119. The average molecular weight is 158 g/mol. The zero-order valence-electron chi connectivity index (χ0n) is 7.89. The van der Waals surface area contributed by atoms with Crippen LogP contribution in [0.5, 0.6) is 0 Å².